The molecule has 0 fully saturated rings. The summed E-state index contributed by atoms with van der Waals surface area (Å²) in [6, 6.07) is 9.52. The predicted octanol–water partition coefficient (Wildman–Crippen LogP) is 3.97. The number of nitrogens with zero attached hydrogens (tertiary/aromatic N) is 3. The largest absolute Gasteiger partial charge is 0.440 e. The highest BCUT2D eigenvalue weighted by atomic mass is 19.2. The van der Waals surface area contributed by atoms with Gasteiger partial charge in [0.1, 0.15) is 17.1 Å². The van der Waals surface area contributed by atoms with Crippen molar-refractivity contribution in [3.8, 4) is 11.6 Å². The van der Waals surface area contributed by atoms with E-state index < -0.39 is 11.6 Å². The minimum absolute atomic E-state index is 0.493. The fourth-order valence-electron chi connectivity index (χ4n) is 2.89. The molecule has 0 atom stereocenters. The molecule has 4 rings (SSSR count). The van der Waals surface area contributed by atoms with E-state index in [-0.39, 0.29) is 0 Å². The van der Waals surface area contributed by atoms with Crippen molar-refractivity contribution in [3.05, 3.63) is 65.7 Å². The maximum absolute atomic E-state index is 13.5. The number of oxazole rings is 1. The molecule has 122 valence electrons. The SMILES string of the molecule is Fc1ccc(N2CCCc3oc(-c4ccccn4)nc3C2)cc1F. The van der Waals surface area contributed by atoms with E-state index in [2.05, 4.69) is 9.97 Å². The molecule has 0 bridgehead atoms. The van der Waals surface area contributed by atoms with E-state index in [0.717, 1.165) is 36.9 Å². The Balaban J connectivity index is 1.65. The number of hydrogen-bond acceptors (Lipinski definition) is 4. The van der Waals surface area contributed by atoms with Crippen LogP contribution in [0.3, 0.4) is 0 Å². The van der Waals surface area contributed by atoms with Crippen molar-refractivity contribution in [1.82, 2.24) is 9.97 Å². The molecule has 0 unspecified atom stereocenters. The van der Waals surface area contributed by atoms with Crippen LogP contribution in [0, 0.1) is 11.6 Å². The first-order valence-corrected chi connectivity index (χ1v) is 7.81. The average Bonchev–Trinajstić information content (AvgIpc) is 2.90. The van der Waals surface area contributed by atoms with Gasteiger partial charge in [0.15, 0.2) is 11.6 Å². The Bertz CT molecular complexity index is 864. The Hall–Kier alpha value is -2.76. The van der Waals surface area contributed by atoms with Crippen LogP contribution in [0.1, 0.15) is 17.9 Å². The molecule has 3 aromatic rings. The van der Waals surface area contributed by atoms with Crippen LogP contribution in [0.4, 0.5) is 14.5 Å². The summed E-state index contributed by atoms with van der Waals surface area (Å²) in [7, 11) is 0. The first kappa shape index (κ1) is 14.8. The van der Waals surface area contributed by atoms with E-state index in [1.807, 2.05) is 23.1 Å². The van der Waals surface area contributed by atoms with Crippen LogP contribution < -0.4 is 4.90 Å². The second-order valence-corrected chi connectivity index (χ2v) is 5.73. The molecule has 1 aliphatic heterocycles. The van der Waals surface area contributed by atoms with Gasteiger partial charge in [-0.3, -0.25) is 4.98 Å². The molecule has 0 amide bonds. The minimum atomic E-state index is -0.841. The van der Waals surface area contributed by atoms with Crippen LogP contribution >= 0.6 is 0 Å². The van der Waals surface area contributed by atoms with Crippen molar-refractivity contribution in [2.75, 3.05) is 11.4 Å². The molecule has 1 aliphatic rings. The van der Waals surface area contributed by atoms with Crippen molar-refractivity contribution in [3.63, 3.8) is 0 Å². The summed E-state index contributed by atoms with van der Waals surface area (Å²) in [6.07, 6.45) is 3.30. The van der Waals surface area contributed by atoms with Crippen LogP contribution in [0.15, 0.2) is 47.0 Å². The van der Waals surface area contributed by atoms with Gasteiger partial charge in [0, 0.05) is 30.9 Å². The molecule has 2 aromatic heterocycles. The van der Waals surface area contributed by atoms with Crippen LogP contribution in [0.25, 0.3) is 11.6 Å². The van der Waals surface area contributed by atoms with Gasteiger partial charge < -0.3 is 9.32 Å². The Kier molecular flexibility index (Phi) is 3.72. The lowest BCUT2D eigenvalue weighted by molar-refractivity contribution is 0.507. The highest BCUT2D eigenvalue weighted by molar-refractivity contribution is 5.50. The third-order valence-corrected chi connectivity index (χ3v) is 4.10. The summed E-state index contributed by atoms with van der Waals surface area (Å²) in [5.74, 6) is -0.354. The molecule has 0 aliphatic carbocycles. The van der Waals surface area contributed by atoms with Crippen LogP contribution in [0.2, 0.25) is 0 Å². The number of aromatic nitrogens is 2. The molecule has 24 heavy (non-hydrogen) atoms. The van der Waals surface area contributed by atoms with Crippen molar-refractivity contribution in [2.24, 2.45) is 0 Å². The zero-order valence-electron chi connectivity index (χ0n) is 12.9. The third kappa shape index (κ3) is 2.75. The number of rotatable bonds is 2. The number of aryl methyl sites for hydroxylation is 1. The number of hydrogen-bond donors (Lipinski definition) is 0. The first-order chi connectivity index (χ1) is 11.7. The van der Waals surface area contributed by atoms with E-state index in [1.165, 1.54) is 6.07 Å². The second kappa shape index (κ2) is 6.03. The summed E-state index contributed by atoms with van der Waals surface area (Å²) in [6.45, 7) is 1.23. The molecular formula is C18H15F2N3O. The number of anilines is 1. The van der Waals surface area contributed by atoms with Gasteiger partial charge in [0.2, 0.25) is 5.89 Å². The molecule has 0 saturated carbocycles. The Morgan fingerprint density at radius 2 is 2.00 bits per heavy atom. The Morgan fingerprint density at radius 3 is 2.79 bits per heavy atom. The smallest absolute Gasteiger partial charge is 0.245 e. The van der Waals surface area contributed by atoms with Gasteiger partial charge in [0.25, 0.3) is 0 Å². The van der Waals surface area contributed by atoms with E-state index >= 15 is 0 Å². The topological polar surface area (TPSA) is 42.2 Å². The van der Waals surface area contributed by atoms with E-state index in [4.69, 9.17) is 4.42 Å². The Labute approximate surface area is 137 Å². The lowest BCUT2D eigenvalue weighted by Gasteiger charge is -2.22. The van der Waals surface area contributed by atoms with Gasteiger partial charge in [-0.05, 0) is 30.7 Å². The van der Waals surface area contributed by atoms with Gasteiger partial charge >= 0.3 is 0 Å². The van der Waals surface area contributed by atoms with Gasteiger partial charge in [-0.15, -0.1) is 0 Å². The fraction of sp³-hybridized carbons (Fsp3) is 0.222. The standard InChI is InChI=1S/C18H15F2N3O/c19-13-7-6-12(10-14(13)20)23-9-3-5-17-16(11-23)22-18(24-17)15-4-1-2-8-21-15/h1-2,4,6-8,10H,3,5,9,11H2. The maximum atomic E-state index is 13.5. The molecule has 3 heterocycles. The highest BCUT2D eigenvalue weighted by Crippen LogP contribution is 2.28. The normalized spacial score (nSPS) is 14.3. The monoisotopic (exact) mass is 327 g/mol. The highest BCUT2D eigenvalue weighted by Gasteiger charge is 2.22. The average molecular weight is 327 g/mol. The van der Waals surface area contributed by atoms with Crippen molar-refractivity contribution in [2.45, 2.75) is 19.4 Å². The van der Waals surface area contributed by atoms with Crippen LogP contribution in [0.5, 0.6) is 0 Å². The number of benzene rings is 1. The van der Waals surface area contributed by atoms with E-state index in [1.54, 1.807) is 12.3 Å². The van der Waals surface area contributed by atoms with Crippen LogP contribution in [-0.4, -0.2) is 16.5 Å². The molecule has 1 aromatic carbocycles. The predicted molar refractivity (Wildman–Crippen MR) is 85.5 cm³/mol. The molecular weight excluding hydrogens is 312 g/mol. The van der Waals surface area contributed by atoms with Gasteiger partial charge in [0.05, 0.1) is 6.54 Å². The van der Waals surface area contributed by atoms with Crippen molar-refractivity contribution >= 4 is 5.69 Å². The quantitative estimate of drug-likeness (QED) is 0.714. The molecule has 6 heteroatoms. The second-order valence-electron chi connectivity index (χ2n) is 5.73. The number of fused-ring (bicyclic) bond motifs is 1. The third-order valence-electron chi connectivity index (χ3n) is 4.10. The summed E-state index contributed by atoms with van der Waals surface area (Å²) in [5, 5.41) is 0. The summed E-state index contributed by atoms with van der Waals surface area (Å²) < 4.78 is 32.5. The summed E-state index contributed by atoms with van der Waals surface area (Å²) in [5.41, 5.74) is 2.15. The first-order valence-electron chi connectivity index (χ1n) is 7.81. The zero-order valence-corrected chi connectivity index (χ0v) is 12.9. The van der Waals surface area contributed by atoms with Crippen molar-refractivity contribution < 1.29 is 13.2 Å². The number of halogens is 2. The Morgan fingerprint density at radius 1 is 1.08 bits per heavy atom. The molecule has 4 nitrogen and oxygen atoms in total. The van der Waals surface area contributed by atoms with Crippen LogP contribution in [-0.2, 0) is 13.0 Å². The van der Waals surface area contributed by atoms with Gasteiger partial charge in [-0.1, -0.05) is 6.07 Å². The summed E-state index contributed by atoms with van der Waals surface area (Å²) in [4.78, 5) is 10.8. The lowest BCUT2D eigenvalue weighted by Crippen LogP contribution is -2.23. The maximum Gasteiger partial charge on any atom is 0.245 e. The van der Waals surface area contributed by atoms with E-state index in [9.17, 15) is 8.78 Å². The van der Waals surface area contributed by atoms with Gasteiger partial charge in [-0.25, -0.2) is 13.8 Å². The molecule has 0 N–H and O–H groups in total. The molecule has 0 radical (unpaired) electrons. The fourth-order valence-corrected chi connectivity index (χ4v) is 2.89. The summed E-state index contributed by atoms with van der Waals surface area (Å²) >= 11 is 0. The van der Waals surface area contributed by atoms with E-state index in [0.29, 0.717) is 23.8 Å². The number of pyridine rings is 1. The zero-order chi connectivity index (χ0) is 16.5. The minimum Gasteiger partial charge on any atom is -0.440 e. The van der Waals surface area contributed by atoms with Crippen molar-refractivity contribution in [1.29, 1.82) is 0 Å². The lowest BCUT2D eigenvalue weighted by atomic mass is 10.2. The molecule has 0 spiro atoms. The van der Waals surface area contributed by atoms with Gasteiger partial charge in [-0.2, -0.15) is 0 Å². The molecule has 0 saturated heterocycles.